The van der Waals surface area contributed by atoms with Crippen molar-refractivity contribution in [3.63, 3.8) is 0 Å². The summed E-state index contributed by atoms with van der Waals surface area (Å²) in [5, 5.41) is 9.37. The molecule has 1 aliphatic rings. The van der Waals surface area contributed by atoms with E-state index in [0.717, 1.165) is 0 Å². The number of carbonyl (C=O) groups excluding carboxylic acids is 1. The lowest BCUT2D eigenvalue weighted by Crippen LogP contribution is -2.38. The molecule has 0 bridgehead atoms. The second-order valence-electron chi connectivity index (χ2n) is 6.39. The van der Waals surface area contributed by atoms with Crippen molar-refractivity contribution in [3.05, 3.63) is 32.4 Å². The summed E-state index contributed by atoms with van der Waals surface area (Å²) in [4.78, 5) is 20.4. The van der Waals surface area contributed by atoms with E-state index in [1.807, 2.05) is 13.8 Å². The summed E-state index contributed by atoms with van der Waals surface area (Å²) in [6.45, 7) is 3.57. The number of aliphatic imine (C=N–C) groups is 2. The lowest BCUT2D eigenvalue weighted by atomic mass is 9.98. The number of hydrogen-bond donors (Lipinski definition) is 1. The summed E-state index contributed by atoms with van der Waals surface area (Å²) < 4.78 is 34.4. The molecule has 0 aliphatic carbocycles. The van der Waals surface area contributed by atoms with Gasteiger partial charge < -0.3 is 14.6 Å². The van der Waals surface area contributed by atoms with E-state index < -0.39 is 32.4 Å². The summed E-state index contributed by atoms with van der Waals surface area (Å²) in [6.07, 6.45) is 0.780. The number of aliphatic hydroxyl groups is 1. The summed E-state index contributed by atoms with van der Waals surface area (Å²) in [5.41, 5.74) is 0.973. The molecule has 0 amide bonds. The van der Waals surface area contributed by atoms with E-state index in [4.69, 9.17) is 9.47 Å². The largest absolute Gasteiger partial charge is 0.483 e. The molecule has 8 nitrogen and oxygen atoms in total. The first-order valence-corrected chi connectivity index (χ1v) is 11.2. The van der Waals surface area contributed by atoms with Crippen LogP contribution in [0.5, 0.6) is 0 Å². The standard InChI is InChI=1S/C18H23IN2O6/c1-10(2)16-18(27-4)20-15(17(21-16)26-3)7-11-5-12(8-22)13(9-23)6-14(11)19(24)25/h5-6,8,10,15-16,23H,7,9H2,1-4H3/t15-,16+/m1/s1. The second kappa shape index (κ2) is 9.36. The van der Waals surface area contributed by atoms with Gasteiger partial charge >= 0.3 is 19.8 Å². The molecule has 1 aromatic carbocycles. The van der Waals surface area contributed by atoms with Gasteiger partial charge in [-0.15, -0.1) is 0 Å². The second-order valence-corrected chi connectivity index (χ2v) is 8.79. The smallest absolute Gasteiger partial charge is 0.341 e. The van der Waals surface area contributed by atoms with E-state index in [2.05, 4.69) is 9.98 Å². The summed E-state index contributed by atoms with van der Waals surface area (Å²) in [5.74, 6) is 0.993. The summed E-state index contributed by atoms with van der Waals surface area (Å²) in [7, 11) is 3.01. The third-order valence-electron chi connectivity index (χ3n) is 4.32. The number of aliphatic hydroxyl groups excluding tert-OH is 1. The van der Waals surface area contributed by atoms with Crippen LogP contribution < -0.4 is 0 Å². The van der Waals surface area contributed by atoms with Crippen molar-refractivity contribution in [1.29, 1.82) is 0 Å². The zero-order valence-corrected chi connectivity index (χ0v) is 17.8. The Morgan fingerprint density at radius 1 is 1.15 bits per heavy atom. The van der Waals surface area contributed by atoms with Crippen LogP contribution in [-0.4, -0.2) is 49.5 Å². The van der Waals surface area contributed by atoms with Crippen LogP contribution in [0, 0.1) is 9.49 Å². The molecule has 0 spiro atoms. The van der Waals surface area contributed by atoms with Crippen LogP contribution in [0.3, 0.4) is 0 Å². The van der Waals surface area contributed by atoms with E-state index in [1.54, 1.807) is 0 Å². The lowest BCUT2D eigenvalue weighted by molar-refractivity contribution is 0.112. The van der Waals surface area contributed by atoms with Gasteiger partial charge in [0.2, 0.25) is 11.8 Å². The molecule has 0 saturated heterocycles. The first-order chi connectivity index (χ1) is 12.9. The fraction of sp³-hybridized carbons (Fsp3) is 0.500. The van der Waals surface area contributed by atoms with Gasteiger partial charge in [0.25, 0.3) is 0 Å². The minimum Gasteiger partial charge on any atom is -0.483 e. The number of benzene rings is 1. The van der Waals surface area contributed by atoms with Crippen molar-refractivity contribution in [3.8, 4) is 0 Å². The SMILES string of the molecule is COC1=N[C@H](Cc2cc(C=O)c(CO)cc2I(=O)=O)C(OC)=N[C@H]1C(C)C. The van der Waals surface area contributed by atoms with Gasteiger partial charge in [0.15, 0.2) is 0 Å². The normalized spacial score (nSPS) is 19.7. The monoisotopic (exact) mass is 490 g/mol. The Morgan fingerprint density at radius 2 is 1.81 bits per heavy atom. The molecule has 0 unspecified atom stereocenters. The average Bonchev–Trinajstić information content (AvgIpc) is 2.66. The summed E-state index contributed by atoms with van der Waals surface area (Å²) >= 11 is -3.86. The maximum Gasteiger partial charge on any atom is 0.341 e. The molecule has 1 aliphatic heterocycles. The highest BCUT2D eigenvalue weighted by molar-refractivity contribution is 14.2. The highest BCUT2D eigenvalue weighted by Crippen LogP contribution is 2.28. The quantitative estimate of drug-likeness (QED) is 0.484. The van der Waals surface area contributed by atoms with Crippen LogP contribution in [-0.2, 0) is 28.6 Å². The molecule has 27 heavy (non-hydrogen) atoms. The van der Waals surface area contributed by atoms with Gasteiger partial charge in [-0.2, -0.15) is 0 Å². The molecule has 1 N–H and O–H groups in total. The molecule has 2 rings (SSSR count). The first kappa shape index (κ1) is 21.4. The Hall–Kier alpha value is -1.88. The predicted molar refractivity (Wildman–Crippen MR) is 107 cm³/mol. The van der Waals surface area contributed by atoms with Crippen LogP contribution >= 0.6 is 19.8 Å². The zero-order chi connectivity index (χ0) is 20.1. The van der Waals surface area contributed by atoms with Crippen LogP contribution in [0.2, 0.25) is 0 Å². The predicted octanol–water partition coefficient (Wildman–Crippen LogP) is 2.40. The van der Waals surface area contributed by atoms with Gasteiger partial charge in [0.05, 0.1) is 24.4 Å². The molecule has 2 atom stereocenters. The Morgan fingerprint density at radius 3 is 2.30 bits per heavy atom. The fourth-order valence-electron chi connectivity index (χ4n) is 2.93. The minimum atomic E-state index is -3.86. The lowest BCUT2D eigenvalue weighted by Gasteiger charge is -2.27. The Bertz CT molecular complexity index is 836. The van der Waals surface area contributed by atoms with Gasteiger partial charge in [-0.05, 0) is 29.2 Å². The maximum atomic E-state index is 11.8. The number of halogens is 1. The van der Waals surface area contributed by atoms with E-state index in [0.29, 0.717) is 23.6 Å². The van der Waals surface area contributed by atoms with Crippen molar-refractivity contribution in [2.24, 2.45) is 15.9 Å². The van der Waals surface area contributed by atoms with Crippen molar-refractivity contribution in [2.45, 2.75) is 39.0 Å². The van der Waals surface area contributed by atoms with Crippen molar-refractivity contribution in [2.75, 3.05) is 14.2 Å². The molecule has 0 radical (unpaired) electrons. The molecule has 0 saturated carbocycles. The third-order valence-corrected chi connectivity index (χ3v) is 6.28. The van der Waals surface area contributed by atoms with Crippen LogP contribution in [0.25, 0.3) is 0 Å². The topological polar surface area (TPSA) is 115 Å². The van der Waals surface area contributed by atoms with Crippen molar-refractivity contribution >= 4 is 37.9 Å². The van der Waals surface area contributed by atoms with E-state index >= 15 is 0 Å². The highest BCUT2D eigenvalue weighted by atomic mass is 127. The number of methoxy groups -OCH3 is 2. The van der Waals surface area contributed by atoms with E-state index in [-0.39, 0.29) is 33.1 Å². The number of nitrogens with zero attached hydrogens (tertiary/aromatic N) is 2. The molecular weight excluding hydrogens is 467 g/mol. The van der Waals surface area contributed by atoms with Crippen LogP contribution in [0.4, 0.5) is 0 Å². The Labute approximate surface area is 164 Å². The molecule has 1 heterocycles. The van der Waals surface area contributed by atoms with Crippen molar-refractivity contribution in [1.82, 2.24) is 0 Å². The first-order valence-electron chi connectivity index (χ1n) is 8.36. The number of rotatable bonds is 6. The Kier molecular flexibility index (Phi) is 7.42. The van der Waals surface area contributed by atoms with Crippen LogP contribution in [0.15, 0.2) is 22.1 Å². The van der Waals surface area contributed by atoms with Gasteiger partial charge in [0, 0.05) is 12.0 Å². The average molecular weight is 490 g/mol. The molecule has 0 aromatic heterocycles. The number of hydrogen-bond acceptors (Lipinski definition) is 8. The molecule has 9 heteroatoms. The molecule has 0 fully saturated rings. The number of ether oxygens (including phenoxy) is 2. The van der Waals surface area contributed by atoms with Gasteiger partial charge in [0.1, 0.15) is 18.4 Å². The number of carbonyl (C=O) groups is 1. The van der Waals surface area contributed by atoms with Crippen LogP contribution in [0.1, 0.15) is 35.3 Å². The molecule has 1 aromatic rings. The van der Waals surface area contributed by atoms with Gasteiger partial charge in [-0.1, -0.05) is 13.8 Å². The third kappa shape index (κ3) is 4.70. The van der Waals surface area contributed by atoms with E-state index in [1.165, 1.54) is 26.4 Å². The Balaban J connectivity index is 2.50. The zero-order valence-electron chi connectivity index (χ0n) is 15.6. The maximum absolute atomic E-state index is 11.8. The highest BCUT2D eigenvalue weighted by Gasteiger charge is 2.31. The molecular formula is C18H23IN2O6. The minimum absolute atomic E-state index is 0.129. The van der Waals surface area contributed by atoms with Gasteiger partial charge in [-0.3, -0.25) is 4.79 Å². The van der Waals surface area contributed by atoms with Gasteiger partial charge in [-0.25, -0.2) is 16.1 Å². The molecule has 148 valence electrons. The summed E-state index contributed by atoms with van der Waals surface area (Å²) in [6, 6.07) is 2.01. The van der Waals surface area contributed by atoms with Crippen molar-refractivity contribution < 1.29 is 25.5 Å². The fourth-order valence-corrected chi connectivity index (χ4v) is 4.50. The number of aldehydes is 1. The van der Waals surface area contributed by atoms with E-state index in [9.17, 15) is 16.0 Å².